The number of hydrogen-bond acceptors (Lipinski definition) is 6. The van der Waals surface area contributed by atoms with E-state index in [2.05, 4.69) is 21.0 Å². The first-order valence-electron chi connectivity index (χ1n) is 10.5. The first kappa shape index (κ1) is 24.2. The van der Waals surface area contributed by atoms with Gasteiger partial charge < -0.3 is 20.7 Å². The molecule has 1 aromatic heterocycles. The maximum atomic E-state index is 12.3. The minimum absolute atomic E-state index is 0.176. The number of nitrogens with zero attached hydrogens (tertiary/aromatic N) is 2. The van der Waals surface area contributed by atoms with Crippen LogP contribution in [0.4, 0.5) is 5.69 Å². The lowest BCUT2D eigenvalue weighted by Crippen LogP contribution is -2.38. The van der Waals surface area contributed by atoms with Crippen molar-refractivity contribution in [1.29, 1.82) is 0 Å². The van der Waals surface area contributed by atoms with Gasteiger partial charge >= 0.3 is 0 Å². The number of carbonyl (C=O) groups is 3. The van der Waals surface area contributed by atoms with Gasteiger partial charge in [-0.1, -0.05) is 12.1 Å². The number of nitrogens with one attached hydrogen (secondary N) is 3. The van der Waals surface area contributed by atoms with Crippen molar-refractivity contribution in [1.82, 2.24) is 20.4 Å². The molecule has 34 heavy (non-hydrogen) atoms. The summed E-state index contributed by atoms with van der Waals surface area (Å²) < 4.78 is 6.41. The Morgan fingerprint density at radius 1 is 0.941 bits per heavy atom. The monoisotopic (exact) mass is 463 g/mol. The van der Waals surface area contributed by atoms with Crippen molar-refractivity contribution < 1.29 is 19.1 Å². The highest BCUT2D eigenvalue weighted by molar-refractivity contribution is 5.95. The molecule has 3 aromatic rings. The molecule has 0 saturated carbocycles. The third kappa shape index (κ3) is 6.52. The Balaban J connectivity index is 1.51. The molecule has 0 radical (unpaired) electrons. The molecule has 3 rings (SSSR count). The molecular formula is C24H25N5O5. The molecule has 0 aliphatic carbocycles. The van der Waals surface area contributed by atoms with E-state index in [9.17, 15) is 19.2 Å². The second-order valence-corrected chi connectivity index (χ2v) is 7.28. The van der Waals surface area contributed by atoms with Crippen LogP contribution in [-0.2, 0) is 16.1 Å². The number of ether oxygens (including phenoxy) is 1. The van der Waals surface area contributed by atoms with E-state index in [0.29, 0.717) is 28.3 Å². The molecule has 3 N–H and O–H groups in total. The highest BCUT2D eigenvalue weighted by atomic mass is 16.5. The average molecular weight is 463 g/mol. The molecule has 0 spiro atoms. The molecule has 10 nitrogen and oxygen atoms in total. The normalized spacial score (nSPS) is 10.3. The van der Waals surface area contributed by atoms with Crippen LogP contribution in [0.25, 0.3) is 11.3 Å². The maximum Gasteiger partial charge on any atom is 0.267 e. The van der Waals surface area contributed by atoms with Gasteiger partial charge in [-0.2, -0.15) is 5.10 Å². The van der Waals surface area contributed by atoms with Crippen LogP contribution in [0, 0.1) is 0 Å². The summed E-state index contributed by atoms with van der Waals surface area (Å²) >= 11 is 0. The third-order valence-corrected chi connectivity index (χ3v) is 4.74. The van der Waals surface area contributed by atoms with E-state index in [1.165, 1.54) is 13.0 Å². The van der Waals surface area contributed by atoms with E-state index < -0.39 is 11.5 Å². The van der Waals surface area contributed by atoms with Crippen LogP contribution in [0.3, 0.4) is 0 Å². The molecule has 0 atom stereocenters. The van der Waals surface area contributed by atoms with Crippen molar-refractivity contribution in [2.45, 2.75) is 13.5 Å². The van der Waals surface area contributed by atoms with Crippen LogP contribution >= 0.6 is 0 Å². The minimum Gasteiger partial charge on any atom is -0.496 e. The van der Waals surface area contributed by atoms with Gasteiger partial charge in [0.05, 0.1) is 12.8 Å². The van der Waals surface area contributed by atoms with E-state index in [-0.39, 0.29) is 31.4 Å². The van der Waals surface area contributed by atoms with Crippen molar-refractivity contribution in [2.24, 2.45) is 0 Å². The summed E-state index contributed by atoms with van der Waals surface area (Å²) in [5.41, 5.74) is 1.80. The molecule has 0 aliphatic rings. The Bertz CT molecular complexity index is 1240. The van der Waals surface area contributed by atoms with E-state index in [0.717, 1.165) is 4.68 Å². The number of anilines is 1. The number of methoxy groups -OCH3 is 1. The Hall–Kier alpha value is -4.47. The van der Waals surface area contributed by atoms with Crippen LogP contribution < -0.4 is 26.2 Å². The SMILES string of the molecule is COc1ccccc1-c1ccc(=O)n(CC(=O)NCCNC(=O)c2ccc(NC(C)=O)cc2)n1. The number of benzene rings is 2. The predicted octanol–water partition coefficient (Wildman–Crippen LogP) is 1.42. The van der Waals surface area contributed by atoms with Gasteiger partial charge in [0.1, 0.15) is 12.3 Å². The highest BCUT2D eigenvalue weighted by Gasteiger charge is 2.11. The Morgan fingerprint density at radius 3 is 2.35 bits per heavy atom. The average Bonchev–Trinajstić information content (AvgIpc) is 2.83. The third-order valence-electron chi connectivity index (χ3n) is 4.74. The molecular weight excluding hydrogens is 438 g/mol. The zero-order valence-corrected chi connectivity index (χ0v) is 18.8. The summed E-state index contributed by atoms with van der Waals surface area (Å²) in [5, 5.41) is 12.2. The Kier molecular flexibility index (Phi) is 8.11. The van der Waals surface area contributed by atoms with E-state index in [1.54, 1.807) is 43.5 Å². The highest BCUT2D eigenvalue weighted by Crippen LogP contribution is 2.27. The first-order valence-corrected chi connectivity index (χ1v) is 10.5. The van der Waals surface area contributed by atoms with Crippen LogP contribution in [-0.4, -0.2) is 47.7 Å². The number of amides is 3. The maximum absolute atomic E-state index is 12.3. The number of rotatable bonds is 9. The molecule has 0 unspecified atom stereocenters. The van der Waals surface area contributed by atoms with E-state index in [1.807, 2.05) is 18.2 Å². The molecule has 2 aromatic carbocycles. The fourth-order valence-corrected chi connectivity index (χ4v) is 3.14. The molecule has 0 fully saturated rings. The molecule has 0 bridgehead atoms. The summed E-state index contributed by atoms with van der Waals surface area (Å²) in [5.74, 6) is -0.325. The van der Waals surface area contributed by atoms with Crippen LogP contribution in [0.2, 0.25) is 0 Å². The lowest BCUT2D eigenvalue weighted by atomic mass is 10.1. The minimum atomic E-state index is -0.416. The first-order chi connectivity index (χ1) is 16.4. The van der Waals surface area contributed by atoms with Crippen molar-refractivity contribution >= 4 is 23.4 Å². The van der Waals surface area contributed by atoms with E-state index in [4.69, 9.17) is 4.74 Å². The summed E-state index contributed by atoms with van der Waals surface area (Å²) in [6, 6.07) is 16.6. The number of aromatic nitrogens is 2. The predicted molar refractivity (Wildman–Crippen MR) is 127 cm³/mol. The molecule has 0 aliphatic heterocycles. The van der Waals surface area contributed by atoms with Crippen molar-refractivity contribution in [3.8, 4) is 17.0 Å². The van der Waals surface area contributed by atoms with Crippen LogP contribution in [0.5, 0.6) is 5.75 Å². The quantitative estimate of drug-likeness (QED) is 0.412. The van der Waals surface area contributed by atoms with E-state index >= 15 is 0 Å². The second kappa shape index (κ2) is 11.4. The summed E-state index contributed by atoms with van der Waals surface area (Å²) in [6.07, 6.45) is 0. The lowest BCUT2D eigenvalue weighted by Gasteiger charge is -2.11. The van der Waals surface area contributed by atoms with Gasteiger partial charge in [-0.25, -0.2) is 4.68 Å². The van der Waals surface area contributed by atoms with Gasteiger partial charge in [-0.3, -0.25) is 19.2 Å². The van der Waals surface area contributed by atoms with Crippen molar-refractivity contribution in [3.05, 3.63) is 76.6 Å². The van der Waals surface area contributed by atoms with Gasteiger partial charge in [0, 0.05) is 42.9 Å². The van der Waals surface area contributed by atoms with Crippen LogP contribution in [0.1, 0.15) is 17.3 Å². The summed E-state index contributed by atoms with van der Waals surface area (Å²) in [4.78, 5) is 47.7. The van der Waals surface area contributed by atoms with Gasteiger partial charge in [0.15, 0.2) is 0 Å². The number of carbonyl (C=O) groups excluding carboxylic acids is 3. The topological polar surface area (TPSA) is 131 Å². The van der Waals surface area contributed by atoms with Crippen LogP contribution in [0.15, 0.2) is 65.5 Å². The fraction of sp³-hybridized carbons (Fsp3) is 0.208. The van der Waals surface area contributed by atoms with Crippen molar-refractivity contribution in [2.75, 3.05) is 25.5 Å². The lowest BCUT2D eigenvalue weighted by molar-refractivity contribution is -0.121. The second-order valence-electron chi connectivity index (χ2n) is 7.28. The molecule has 1 heterocycles. The molecule has 0 saturated heterocycles. The largest absolute Gasteiger partial charge is 0.496 e. The Morgan fingerprint density at radius 2 is 1.65 bits per heavy atom. The van der Waals surface area contributed by atoms with Crippen molar-refractivity contribution in [3.63, 3.8) is 0 Å². The molecule has 10 heteroatoms. The van der Waals surface area contributed by atoms with Gasteiger partial charge in [-0.15, -0.1) is 0 Å². The smallest absolute Gasteiger partial charge is 0.267 e. The Labute approximate surface area is 195 Å². The standard InChI is InChI=1S/C24H25N5O5/c1-16(30)27-18-9-7-17(8-10-18)24(33)26-14-13-25-22(31)15-29-23(32)12-11-20(28-29)19-5-3-4-6-21(19)34-2/h3-12H,13-15H2,1-2H3,(H,25,31)(H,26,33)(H,27,30). The molecule has 176 valence electrons. The molecule has 3 amide bonds. The summed E-state index contributed by atoms with van der Waals surface area (Å²) in [7, 11) is 1.54. The fourth-order valence-electron chi connectivity index (χ4n) is 3.14. The van der Waals surface area contributed by atoms with Gasteiger partial charge in [0.25, 0.3) is 11.5 Å². The zero-order chi connectivity index (χ0) is 24.5. The number of hydrogen-bond donors (Lipinski definition) is 3. The summed E-state index contributed by atoms with van der Waals surface area (Å²) in [6.45, 7) is 1.51. The zero-order valence-electron chi connectivity index (χ0n) is 18.8. The number of para-hydroxylation sites is 1. The van der Waals surface area contributed by atoms with Gasteiger partial charge in [0.2, 0.25) is 11.8 Å². The van der Waals surface area contributed by atoms with Gasteiger partial charge in [-0.05, 0) is 42.5 Å².